The lowest BCUT2D eigenvalue weighted by Crippen LogP contribution is -2.47. The predicted molar refractivity (Wildman–Crippen MR) is 56.7 cm³/mol. The maximum absolute atomic E-state index is 10.3. The van der Waals surface area contributed by atoms with Gasteiger partial charge in [-0.25, -0.2) is 0 Å². The van der Waals surface area contributed by atoms with E-state index in [1.165, 1.54) is 0 Å². The second kappa shape index (κ2) is 6.56. The number of carbonyl (C=O) groups is 1. The molecule has 0 unspecified atom stereocenters. The van der Waals surface area contributed by atoms with E-state index in [0.29, 0.717) is 0 Å². The van der Waals surface area contributed by atoms with Crippen molar-refractivity contribution >= 4 is 14.1 Å². The number of aldehydes is 1. The Hall–Kier alpha value is -0.420. The van der Waals surface area contributed by atoms with Gasteiger partial charge in [0.2, 0.25) is 5.79 Å². The lowest BCUT2D eigenvalue weighted by atomic mass is 10.0. The zero-order chi connectivity index (χ0) is 15.6. The van der Waals surface area contributed by atoms with Crippen LogP contribution < -0.4 is 9.79 Å². The van der Waals surface area contributed by atoms with Gasteiger partial charge >= 0.3 is 0 Å². The normalized spacial score (nSPS) is 36.0. The molecule has 0 radical (unpaired) electrons. The number of phosphoric acid groups is 1. The van der Waals surface area contributed by atoms with Crippen LogP contribution in [-0.2, 0) is 18.6 Å². The van der Waals surface area contributed by atoms with Crippen molar-refractivity contribution in [3.05, 3.63) is 0 Å². The SMILES string of the molecule is O=C[C@H](O)CC[C@H]1O[C@](O)(COP(=O)([O-])[O-])[C@@H](O)[C@@H]1O. The molecule has 0 aromatic carbocycles. The second-order valence-electron chi connectivity index (χ2n) is 4.44. The molecule has 0 saturated carbocycles. The topological polar surface area (TPSA) is 180 Å². The Balaban J connectivity index is 2.62. The predicted octanol–water partition coefficient (Wildman–Crippen LogP) is -4.02. The number of rotatable bonds is 7. The molecule has 0 spiro atoms. The van der Waals surface area contributed by atoms with Crippen molar-refractivity contribution in [2.75, 3.05) is 6.61 Å². The largest absolute Gasteiger partial charge is 0.790 e. The number of phosphoric ester groups is 1. The quantitative estimate of drug-likeness (QED) is 0.267. The highest BCUT2D eigenvalue weighted by Gasteiger charge is 2.53. The molecule has 1 fully saturated rings. The van der Waals surface area contributed by atoms with Crippen molar-refractivity contribution in [1.29, 1.82) is 0 Å². The molecule has 20 heavy (non-hydrogen) atoms. The Morgan fingerprint density at radius 3 is 2.55 bits per heavy atom. The van der Waals surface area contributed by atoms with Crippen LogP contribution in [0.4, 0.5) is 0 Å². The van der Waals surface area contributed by atoms with Crippen LogP contribution >= 0.6 is 7.82 Å². The molecule has 1 rings (SSSR count). The summed E-state index contributed by atoms with van der Waals surface area (Å²) in [5, 5.41) is 38.0. The fourth-order valence-electron chi connectivity index (χ4n) is 1.80. The highest BCUT2D eigenvalue weighted by atomic mass is 31.2. The molecule has 118 valence electrons. The van der Waals surface area contributed by atoms with Crippen LogP contribution in [0.25, 0.3) is 0 Å². The third kappa shape index (κ3) is 4.55. The van der Waals surface area contributed by atoms with E-state index in [1.54, 1.807) is 0 Å². The zero-order valence-electron chi connectivity index (χ0n) is 10.2. The average molecular weight is 314 g/mol. The molecule has 0 aliphatic carbocycles. The summed E-state index contributed by atoms with van der Waals surface area (Å²) >= 11 is 0. The molecule has 10 nitrogen and oxygen atoms in total. The van der Waals surface area contributed by atoms with E-state index in [9.17, 15) is 34.5 Å². The standard InChI is InChI=1S/C9H17O10P/c10-3-5(11)1-2-6-7(12)8(13)9(14,19-6)4-18-20(15,16)17/h3,5-8,11-14H,1-2,4H2,(H2,15,16,17)/p-2/t5-,6-,7-,8+,9-/m1/s1. The first-order valence-electron chi connectivity index (χ1n) is 5.65. The van der Waals surface area contributed by atoms with Gasteiger partial charge in [0, 0.05) is 0 Å². The number of carbonyl (C=O) groups excluding carboxylic acids is 1. The van der Waals surface area contributed by atoms with Gasteiger partial charge in [0.1, 0.15) is 31.2 Å². The van der Waals surface area contributed by atoms with E-state index < -0.39 is 44.6 Å². The number of aliphatic hydroxyl groups is 4. The van der Waals surface area contributed by atoms with Gasteiger partial charge in [0.25, 0.3) is 0 Å². The van der Waals surface area contributed by atoms with Crippen LogP contribution in [0, 0.1) is 0 Å². The van der Waals surface area contributed by atoms with Gasteiger partial charge in [-0.1, -0.05) is 0 Å². The highest BCUT2D eigenvalue weighted by molar-refractivity contribution is 7.43. The average Bonchev–Trinajstić information content (AvgIpc) is 2.58. The maximum atomic E-state index is 10.3. The summed E-state index contributed by atoms with van der Waals surface area (Å²) in [5.74, 6) is -2.57. The molecular weight excluding hydrogens is 299 g/mol. The molecule has 4 N–H and O–H groups in total. The summed E-state index contributed by atoms with van der Waals surface area (Å²) in [5.41, 5.74) is 0. The number of hydrogen-bond donors (Lipinski definition) is 4. The van der Waals surface area contributed by atoms with Crippen LogP contribution in [-0.4, -0.2) is 63.5 Å². The molecule has 1 aliphatic heterocycles. The summed E-state index contributed by atoms with van der Waals surface area (Å²) in [6.07, 6.45) is -5.89. The Morgan fingerprint density at radius 2 is 2.05 bits per heavy atom. The van der Waals surface area contributed by atoms with Crippen LogP contribution in [0.2, 0.25) is 0 Å². The minimum atomic E-state index is -5.38. The number of hydrogen-bond acceptors (Lipinski definition) is 10. The highest BCUT2D eigenvalue weighted by Crippen LogP contribution is 2.35. The molecule has 5 atom stereocenters. The Kier molecular flexibility index (Phi) is 5.79. The molecule has 1 heterocycles. The fraction of sp³-hybridized carbons (Fsp3) is 0.889. The lowest BCUT2D eigenvalue weighted by molar-refractivity contribution is -0.350. The van der Waals surface area contributed by atoms with Gasteiger partial charge in [0.05, 0.1) is 13.9 Å². The first-order chi connectivity index (χ1) is 9.09. The van der Waals surface area contributed by atoms with Crippen LogP contribution in [0.15, 0.2) is 0 Å². The summed E-state index contributed by atoms with van der Waals surface area (Å²) in [7, 11) is -5.38. The van der Waals surface area contributed by atoms with Crippen molar-refractivity contribution < 1.29 is 48.8 Å². The van der Waals surface area contributed by atoms with Crippen LogP contribution in [0.3, 0.4) is 0 Å². The van der Waals surface area contributed by atoms with Crippen molar-refractivity contribution in [2.45, 2.75) is 43.0 Å². The summed E-state index contributed by atoms with van der Waals surface area (Å²) in [6.45, 7) is -1.18. The van der Waals surface area contributed by atoms with E-state index in [2.05, 4.69) is 4.52 Å². The Labute approximate surface area is 113 Å². The van der Waals surface area contributed by atoms with Crippen LogP contribution in [0.5, 0.6) is 0 Å². The van der Waals surface area contributed by atoms with E-state index in [4.69, 9.17) is 9.84 Å². The molecule has 0 amide bonds. The minimum Gasteiger partial charge on any atom is -0.790 e. The number of ether oxygens (including phenoxy) is 1. The molecule has 1 saturated heterocycles. The molecular formula is C9H15O10P-2. The second-order valence-corrected chi connectivity index (χ2v) is 5.59. The van der Waals surface area contributed by atoms with Crippen LogP contribution in [0.1, 0.15) is 12.8 Å². The third-order valence-corrected chi connectivity index (χ3v) is 3.30. The van der Waals surface area contributed by atoms with Gasteiger partial charge in [-0.05, 0) is 12.8 Å². The monoisotopic (exact) mass is 314 g/mol. The number of aliphatic hydroxyl groups excluding tert-OH is 3. The third-order valence-electron chi connectivity index (χ3n) is 2.86. The van der Waals surface area contributed by atoms with Crippen molar-refractivity contribution in [3.8, 4) is 0 Å². The molecule has 11 heteroatoms. The Morgan fingerprint density at radius 1 is 1.45 bits per heavy atom. The van der Waals surface area contributed by atoms with Crippen molar-refractivity contribution in [2.24, 2.45) is 0 Å². The van der Waals surface area contributed by atoms with Gasteiger partial charge in [-0.2, -0.15) is 0 Å². The minimum absolute atomic E-state index is 0.0904. The first kappa shape index (κ1) is 17.6. The Bertz CT molecular complexity index is 383. The van der Waals surface area contributed by atoms with E-state index in [1.807, 2.05) is 0 Å². The summed E-state index contributed by atoms with van der Waals surface area (Å²) < 4.78 is 19.0. The maximum Gasteiger partial charge on any atom is 0.219 e. The molecule has 0 aromatic rings. The van der Waals surface area contributed by atoms with Gasteiger partial charge in [-0.3, -0.25) is 0 Å². The van der Waals surface area contributed by atoms with E-state index in [0.717, 1.165) is 0 Å². The molecule has 0 bridgehead atoms. The lowest BCUT2D eigenvalue weighted by Gasteiger charge is -2.33. The van der Waals surface area contributed by atoms with Crippen molar-refractivity contribution in [3.63, 3.8) is 0 Å². The first-order valence-corrected chi connectivity index (χ1v) is 7.11. The van der Waals surface area contributed by atoms with E-state index >= 15 is 0 Å². The zero-order valence-corrected chi connectivity index (χ0v) is 11.1. The summed E-state index contributed by atoms with van der Waals surface area (Å²) in [6, 6.07) is 0. The smallest absolute Gasteiger partial charge is 0.219 e. The summed E-state index contributed by atoms with van der Waals surface area (Å²) in [4.78, 5) is 30.9. The molecule has 1 aliphatic rings. The van der Waals surface area contributed by atoms with Gasteiger partial charge < -0.3 is 48.8 Å². The van der Waals surface area contributed by atoms with E-state index in [-0.39, 0.29) is 19.1 Å². The van der Waals surface area contributed by atoms with Crippen molar-refractivity contribution in [1.82, 2.24) is 0 Å². The molecule has 0 aromatic heterocycles. The fourth-order valence-corrected chi connectivity index (χ4v) is 2.14. The van der Waals surface area contributed by atoms with Gasteiger partial charge in [-0.15, -0.1) is 0 Å². The van der Waals surface area contributed by atoms with Gasteiger partial charge in [0.15, 0.2) is 0 Å².